The number of hydrogen-bond acceptors (Lipinski definition) is 19. The molecule has 3 aliphatic rings. The molecule has 0 aliphatic carbocycles. The zero-order valence-electron chi connectivity index (χ0n) is 23.4. The summed E-state index contributed by atoms with van der Waals surface area (Å²) in [7, 11) is 0. The molecule has 46 heavy (non-hydrogen) atoms. The molecular weight excluding hydrogens is 692 g/mol. The first-order valence-electron chi connectivity index (χ1n) is 13.4. The third kappa shape index (κ3) is 5.65. The van der Waals surface area contributed by atoms with E-state index in [0.717, 1.165) is 0 Å². The number of nitrogen functional groups attached to an aromatic ring is 3. The van der Waals surface area contributed by atoms with Crippen LogP contribution in [0.15, 0.2) is 12.7 Å². The molecule has 10 N–H and O–H groups in total. The van der Waals surface area contributed by atoms with Crippen LogP contribution >= 0.6 is 13.4 Å². The van der Waals surface area contributed by atoms with E-state index in [4.69, 9.17) is 68.4 Å². The molecule has 0 spiro atoms. The van der Waals surface area contributed by atoms with Crippen LogP contribution in [0.4, 0.5) is 17.7 Å². The molecule has 2 unspecified atom stereocenters. The van der Waals surface area contributed by atoms with Crippen LogP contribution in [0.2, 0.25) is 0 Å². The maximum atomic E-state index is 11.3. The molecule has 0 saturated carbocycles. The minimum Gasteiger partial charge on any atom is -0.386 e. The first-order chi connectivity index (χ1) is 21.7. The molecule has 0 radical (unpaired) electrons. The lowest BCUT2D eigenvalue weighted by Gasteiger charge is -2.30. The zero-order chi connectivity index (χ0) is 32.7. The number of aromatic nitrogens is 8. The molecule has 3 aliphatic heterocycles. The fourth-order valence-electron chi connectivity index (χ4n) is 5.54. The second-order valence-electron chi connectivity index (χ2n) is 10.6. The SMILES string of the molecule is Cc1nc(N)nc2c1ncn2[C@@H]1O[C@@H]2COP(O)(=S)O[C@H]3[C@@H](O)[C@H](n4cnc5c(N)nc(N)nc54)O[C@@H]3COP(O)(=S)O[C@H]2[C@H]1O. The van der Waals surface area contributed by atoms with Crippen molar-refractivity contribution in [3.8, 4) is 0 Å². The maximum Gasteiger partial charge on any atom is 0.325 e. The van der Waals surface area contributed by atoms with Crippen LogP contribution in [0.5, 0.6) is 0 Å². The fourth-order valence-corrected chi connectivity index (χ4v) is 8.43. The quantitative estimate of drug-likeness (QED) is 0.116. The molecule has 248 valence electrons. The van der Waals surface area contributed by atoms with Gasteiger partial charge in [0, 0.05) is 0 Å². The minimum atomic E-state index is -4.15. The summed E-state index contributed by atoms with van der Waals surface area (Å²) in [5.41, 5.74) is 19.0. The molecule has 0 aromatic carbocycles. The number of rotatable bonds is 2. The number of imidazole rings is 2. The molecule has 21 nitrogen and oxygen atoms in total. The van der Waals surface area contributed by atoms with Gasteiger partial charge in [0.1, 0.15) is 47.7 Å². The van der Waals surface area contributed by atoms with Gasteiger partial charge < -0.3 is 55.7 Å². The number of nitrogens with zero attached hydrogens (tertiary/aromatic N) is 8. The standard InChI is InChI=1S/C21H27N11O10P2S2/c1-6-9-16(29-20(23)27-6)31(4-25-9)18-11(33)13-7(39-18)2-37-44(36,46)42-14-8(3-38-43(35,45)41-13)40-19(12(14)34)32-5-26-10-15(22)28-21(24)30-17(10)32/h4-5,7-8,11-14,18-19,33-34H,2-3H2,1H3,(H,35,45)(H,36,46)(H2,23,27,29)(H4,22,24,28,30)/t7-,8-,11-,12-,13-,14-,18-,19-,43?,44?/m1/s1. The van der Waals surface area contributed by atoms with Crippen molar-refractivity contribution >= 4 is 77.1 Å². The summed E-state index contributed by atoms with van der Waals surface area (Å²) < 4.78 is 37.5. The highest BCUT2D eigenvalue weighted by Gasteiger charge is 2.52. The fraction of sp³-hybridized carbons (Fsp3) is 0.524. The Morgan fingerprint density at radius 2 is 1.22 bits per heavy atom. The topological polar surface area (TPSA) is 302 Å². The lowest BCUT2D eigenvalue weighted by Crippen LogP contribution is -2.39. The Morgan fingerprint density at radius 3 is 1.74 bits per heavy atom. The number of aliphatic hydroxyl groups is 2. The summed E-state index contributed by atoms with van der Waals surface area (Å²) in [5, 5.41) is 22.7. The summed E-state index contributed by atoms with van der Waals surface area (Å²) in [6.07, 6.45) is -7.83. The number of nitrogens with two attached hydrogens (primary N) is 3. The predicted molar refractivity (Wildman–Crippen MR) is 163 cm³/mol. The average Bonchev–Trinajstić information content (AvgIpc) is 3.72. The minimum absolute atomic E-state index is 0.00289. The Morgan fingerprint density at radius 1 is 0.761 bits per heavy atom. The number of ether oxygens (including phenoxy) is 2. The van der Waals surface area contributed by atoms with Crippen LogP contribution in [0.3, 0.4) is 0 Å². The number of aryl methyl sites for hydroxylation is 1. The molecule has 4 aromatic rings. The summed E-state index contributed by atoms with van der Waals surface area (Å²) in [6.45, 7) is -7.61. The van der Waals surface area contributed by atoms with E-state index in [1.165, 1.54) is 21.8 Å². The lowest BCUT2D eigenvalue weighted by atomic mass is 10.1. The molecule has 0 amide bonds. The summed E-state index contributed by atoms with van der Waals surface area (Å²) in [5.74, 6) is -0.167. The molecule has 3 fully saturated rings. The van der Waals surface area contributed by atoms with Gasteiger partial charge >= 0.3 is 13.4 Å². The van der Waals surface area contributed by atoms with Gasteiger partial charge in [-0.3, -0.25) is 18.2 Å². The van der Waals surface area contributed by atoms with E-state index in [1.54, 1.807) is 6.92 Å². The third-order valence-electron chi connectivity index (χ3n) is 7.56. The van der Waals surface area contributed by atoms with Crippen molar-refractivity contribution in [3.63, 3.8) is 0 Å². The van der Waals surface area contributed by atoms with Gasteiger partial charge in [-0.1, -0.05) is 0 Å². The Balaban J connectivity index is 1.17. The van der Waals surface area contributed by atoms with Crippen LogP contribution < -0.4 is 17.2 Å². The molecule has 7 rings (SSSR count). The van der Waals surface area contributed by atoms with Gasteiger partial charge in [0.15, 0.2) is 29.6 Å². The van der Waals surface area contributed by atoms with Crippen molar-refractivity contribution < 1.29 is 47.6 Å². The Bertz CT molecular complexity index is 1800. The lowest BCUT2D eigenvalue weighted by molar-refractivity contribution is -0.0593. The normalized spacial score (nSPS) is 37.2. The van der Waals surface area contributed by atoms with Crippen molar-refractivity contribution in [2.45, 2.75) is 56.0 Å². The van der Waals surface area contributed by atoms with Crippen molar-refractivity contribution in [1.29, 1.82) is 0 Å². The Kier molecular flexibility index (Phi) is 8.01. The summed E-state index contributed by atoms with van der Waals surface area (Å²) in [4.78, 5) is 46.9. The van der Waals surface area contributed by atoms with E-state index >= 15 is 0 Å². The van der Waals surface area contributed by atoms with E-state index < -0.39 is 75.7 Å². The molecule has 4 aromatic heterocycles. The van der Waals surface area contributed by atoms with Crippen LogP contribution in [-0.4, -0.2) is 109 Å². The van der Waals surface area contributed by atoms with Gasteiger partial charge in [-0.05, 0) is 30.5 Å². The first-order valence-corrected chi connectivity index (χ1v) is 18.6. The second-order valence-corrected chi connectivity index (χ2v) is 16.1. The van der Waals surface area contributed by atoms with Crippen molar-refractivity contribution in [3.05, 3.63) is 18.3 Å². The zero-order valence-corrected chi connectivity index (χ0v) is 26.9. The van der Waals surface area contributed by atoms with Crippen molar-refractivity contribution in [2.75, 3.05) is 30.4 Å². The number of aliphatic hydroxyl groups excluding tert-OH is 2. The number of hydrogen-bond donors (Lipinski definition) is 7. The summed E-state index contributed by atoms with van der Waals surface area (Å²) in [6, 6.07) is 0. The Labute approximate surface area is 268 Å². The van der Waals surface area contributed by atoms with Crippen LogP contribution in [0.1, 0.15) is 18.1 Å². The number of fused-ring (bicyclic) bond motifs is 4. The van der Waals surface area contributed by atoms with E-state index in [0.29, 0.717) is 11.2 Å². The van der Waals surface area contributed by atoms with Gasteiger partial charge in [0.25, 0.3) is 0 Å². The maximum absolute atomic E-state index is 11.3. The molecule has 3 saturated heterocycles. The molecule has 25 heteroatoms. The molecule has 0 bridgehead atoms. The van der Waals surface area contributed by atoms with E-state index in [-0.39, 0.29) is 34.5 Å². The van der Waals surface area contributed by atoms with E-state index in [1.807, 2.05) is 0 Å². The summed E-state index contributed by atoms with van der Waals surface area (Å²) >= 11 is 10.5. The highest BCUT2D eigenvalue weighted by atomic mass is 32.5. The van der Waals surface area contributed by atoms with Crippen molar-refractivity contribution in [2.24, 2.45) is 0 Å². The van der Waals surface area contributed by atoms with Gasteiger partial charge in [-0.25, -0.2) is 15.0 Å². The monoisotopic (exact) mass is 719 g/mol. The first kappa shape index (κ1) is 32.0. The van der Waals surface area contributed by atoms with Gasteiger partial charge in [-0.15, -0.1) is 0 Å². The van der Waals surface area contributed by atoms with Gasteiger partial charge in [0.05, 0.1) is 31.6 Å². The molecule has 7 heterocycles. The van der Waals surface area contributed by atoms with E-state index in [2.05, 4.69) is 29.9 Å². The van der Waals surface area contributed by atoms with E-state index in [9.17, 15) is 20.0 Å². The van der Waals surface area contributed by atoms with Gasteiger partial charge in [-0.2, -0.15) is 15.0 Å². The second kappa shape index (κ2) is 11.5. The molecular formula is C21H27N11O10P2S2. The van der Waals surface area contributed by atoms with Crippen LogP contribution in [0, 0.1) is 6.92 Å². The van der Waals surface area contributed by atoms with Gasteiger partial charge in [0.2, 0.25) is 11.9 Å². The average molecular weight is 720 g/mol. The van der Waals surface area contributed by atoms with Crippen LogP contribution in [-0.2, 0) is 51.2 Å². The van der Waals surface area contributed by atoms with Crippen LogP contribution in [0.25, 0.3) is 22.3 Å². The Hall–Kier alpha value is -2.60. The number of anilines is 3. The predicted octanol–water partition coefficient (Wildman–Crippen LogP) is -1.51. The molecule has 10 atom stereocenters. The highest BCUT2D eigenvalue weighted by Crippen LogP contribution is 2.54. The van der Waals surface area contributed by atoms with Crippen molar-refractivity contribution in [1.82, 2.24) is 39.0 Å². The highest BCUT2D eigenvalue weighted by molar-refractivity contribution is 8.07. The smallest absolute Gasteiger partial charge is 0.325 e. The largest absolute Gasteiger partial charge is 0.386 e. The third-order valence-corrected chi connectivity index (χ3v) is 10.7.